The summed E-state index contributed by atoms with van der Waals surface area (Å²) in [5.74, 6) is 0.387. The van der Waals surface area contributed by atoms with Crippen molar-refractivity contribution in [1.82, 2.24) is 10.2 Å². The average Bonchev–Trinajstić information content (AvgIpc) is 2.73. The third-order valence-corrected chi connectivity index (χ3v) is 6.85. The van der Waals surface area contributed by atoms with Gasteiger partial charge in [-0.05, 0) is 101 Å². The maximum absolute atomic E-state index is 12.6. The number of nitrogens with one attached hydrogen (secondary N) is 1. The Bertz CT molecular complexity index is 676. The number of nitrogens with zero attached hydrogens (tertiary/aromatic N) is 1. The van der Waals surface area contributed by atoms with Gasteiger partial charge in [-0.25, -0.2) is 0 Å². The smallest absolute Gasteiger partial charge is 0.303 e. The minimum Gasteiger partial charge on any atom is -0.481 e. The summed E-state index contributed by atoms with van der Waals surface area (Å²) >= 11 is 0. The van der Waals surface area contributed by atoms with Gasteiger partial charge in [-0.1, -0.05) is 12.1 Å². The summed E-state index contributed by atoms with van der Waals surface area (Å²) in [6.07, 6.45) is 7.30. The van der Waals surface area contributed by atoms with E-state index in [9.17, 15) is 9.59 Å². The van der Waals surface area contributed by atoms with Crippen LogP contribution in [0, 0.1) is 5.92 Å². The molecule has 1 heterocycles. The van der Waals surface area contributed by atoms with Gasteiger partial charge in [0.1, 0.15) is 0 Å². The van der Waals surface area contributed by atoms with Crippen LogP contribution in [0.2, 0.25) is 0 Å². The van der Waals surface area contributed by atoms with Crippen molar-refractivity contribution in [3.63, 3.8) is 0 Å². The fourth-order valence-electron chi connectivity index (χ4n) is 4.85. The van der Waals surface area contributed by atoms with Crippen LogP contribution in [-0.4, -0.2) is 47.1 Å². The minimum atomic E-state index is -0.714. The van der Waals surface area contributed by atoms with Crippen LogP contribution in [0.15, 0.2) is 24.3 Å². The second-order valence-electron chi connectivity index (χ2n) is 9.15. The average molecular weight is 437 g/mol. The molecule has 1 amide bonds. The Morgan fingerprint density at radius 2 is 1.63 bits per heavy atom. The molecule has 0 aromatic heterocycles. The minimum absolute atomic E-state index is 0. The highest BCUT2D eigenvalue weighted by atomic mass is 35.5. The van der Waals surface area contributed by atoms with E-state index in [-0.39, 0.29) is 30.8 Å². The number of likely N-dealkylation sites (tertiary alicyclic amines) is 1. The van der Waals surface area contributed by atoms with Crippen molar-refractivity contribution in [2.24, 2.45) is 5.92 Å². The Kier molecular flexibility index (Phi) is 9.63. The summed E-state index contributed by atoms with van der Waals surface area (Å²) in [6.45, 7) is 6.83. The molecule has 2 fully saturated rings. The van der Waals surface area contributed by atoms with Gasteiger partial charge in [0.25, 0.3) is 5.91 Å². The summed E-state index contributed by atoms with van der Waals surface area (Å²) in [4.78, 5) is 25.9. The largest absolute Gasteiger partial charge is 0.481 e. The second-order valence-corrected chi connectivity index (χ2v) is 9.15. The predicted molar refractivity (Wildman–Crippen MR) is 122 cm³/mol. The summed E-state index contributed by atoms with van der Waals surface area (Å²) < 4.78 is 0. The zero-order valence-corrected chi connectivity index (χ0v) is 19.1. The van der Waals surface area contributed by atoms with Gasteiger partial charge in [0.05, 0.1) is 0 Å². The summed E-state index contributed by atoms with van der Waals surface area (Å²) in [7, 11) is 0. The Labute approximate surface area is 187 Å². The Hall–Kier alpha value is -1.59. The first kappa shape index (κ1) is 24.7. The van der Waals surface area contributed by atoms with E-state index in [0.29, 0.717) is 17.9 Å². The van der Waals surface area contributed by atoms with E-state index in [0.717, 1.165) is 50.8 Å². The van der Waals surface area contributed by atoms with Gasteiger partial charge < -0.3 is 15.3 Å². The van der Waals surface area contributed by atoms with Crippen LogP contribution in [-0.2, 0) is 4.79 Å². The summed E-state index contributed by atoms with van der Waals surface area (Å²) in [5.41, 5.74) is 2.09. The van der Waals surface area contributed by atoms with Crippen LogP contribution in [0.5, 0.6) is 0 Å². The van der Waals surface area contributed by atoms with Crippen LogP contribution >= 0.6 is 12.4 Å². The molecule has 2 aliphatic rings. The van der Waals surface area contributed by atoms with E-state index in [1.54, 1.807) is 0 Å². The third kappa shape index (κ3) is 6.98. The molecule has 1 saturated heterocycles. The Morgan fingerprint density at radius 1 is 1.03 bits per heavy atom. The van der Waals surface area contributed by atoms with Crippen molar-refractivity contribution >= 4 is 24.3 Å². The molecule has 0 atom stereocenters. The van der Waals surface area contributed by atoms with Gasteiger partial charge >= 0.3 is 5.97 Å². The highest BCUT2D eigenvalue weighted by Gasteiger charge is 2.24. The molecule has 1 saturated carbocycles. The Balaban J connectivity index is 0.00000320. The van der Waals surface area contributed by atoms with E-state index >= 15 is 0 Å². The first-order chi connectivity index (χ1) is 13.9. The molecule has 1 aromatic carbocycles. The van der Waals surface area contributed by atoms with Gasteiger partial charge in [-0.3, -0.25) is 9.59 Å². The number of amides is 1. The molecular weight excluding hydrogens is 400 g/mol. The standard InChI is InChI=1S/C24H36N2O3.ClH/c1-17(2)26-15-13-20(14-16-26)19-6-8-21(9-7-19)24(29)25-22-10-3-18(4-11-22)5-12-23(27)28;/h6-9,17-18,20,22H,3-5,10-16H2,1-2H3,(H,25,29)(H,27,28);1H. The first-order valence-corrected chi connectivity index (χ1v) is 11.3. The number of hydrogen-bond acceptors (Lipinski definition) is 3. The number of carbonyl (C=O) groups excluding carboxylic acids is 1. The fraction of sp³-hybridized carbons (Fsp3) is 0.667. The van der Waals surface area contributed by atoms with Crippen molar-refractivity contribution in [2.45, 2.75) is 83.2 Å². The molecule has 0 bridgehead atoms. The van der Waals surface area contributed by atoms with Gasteiger partial charge in [-0.15, -0.1) is 12.4 Å². The number of rotatable bonds is 7. The van der Waals surface area contributed by atoms with Gasteiger partial charge in [0.2, 0.25) is 0 Å². The number of carbonyl (C=O) groups is 2. The second kappa shape index (κ2) is 11.7. The van der Waals surface area contributed by atoms with Gasteiger partial charge in [0, 0.05) is 24.1 Å². The molecule has 1 aliphatic carbocycles. The first-order valence-electron chi connectivity index (χ1n) is 11.3. The molecular formula is C24H37ClN2O3. The lowest BCUT2D eigenvalue weighted by Gasteiger charge is -2.34. The van der Waals surface area contributed by atoms with Gasteiger partial charge in [-0.2, -0.15) is 0 Å². The van der Waals surface area contributed by atoms with Crippen molar-refractivity contribution in [2.75, 3.05) is 13.1 Å². The van der Waals surface area contributed by atoms with Crippen molar-refractivity contribution < 1.29 is 14.7 Å². The number of carboxylic acids is 1. The Morgan fingerprint density at radius 3 is 2.17 bits per heavy atom. The topological polar surface area (TPSA) is 69.6 Å². The zero-order chi connectivity index (χ0) is 20.8. The lowest BCUT2D eigenvalue weighted by Crippen LogP contribution is -2.38. The van der Waals surface area contributed by atoms with Gasteiger partial charge in [0.15, 0.2) is 0 Å². The monoisotopic (exact) mass is 436 g/mol. The van der Waals surface area contributed by atoms with Crippen molar-refractivity contribution in [3.8, 4) is 0 Å². The predicted octanol–water partition coefficient (Wildman–Crippen LogP) is 4.85. The van der Waals surface area contributed by atoms with Crippen LogP contribution < -0.4 is 5.32 Å². The number of benzene rings is 1. The van der Waals surface area contributed by atoms with E-state index in [1.807, 2.05) is 12.1 Å². The fourth-order valence-corrected chi connectivity index (χ4v) is 4.85. The lowest BCUT2D eigenvalue weighted by atomic mass is 9.83. The molecule has 2 N–H and O–H groups in total. The molecule has 5 nitrogen and oxygen atoms in total. The molecule has 30 heavy (non-hydrogen) atoms. The van der Waals surface area contributed by atoms with E-state index < -0.39 is 5.97 Å². The zero-order valence-electron chi connectivity index (χ0n) is 18.3. The molecule has 1 aliphatic heterocycles. The van der Waals surface area contributed by atoms with E-state index in [1.165, 1.54) is 18.4 Å². The highest BCUT2D eigenvalue weighted by Crippen LogP contribution is 2.30. The number of piperidine rings is 1. The van der Waals surface area contributed by atoms with Crippen molar-refractivity contribution in [3.05, 3.63) is 35.4 Å². The normalized spacial score (nSPS) is 23.0. The van der Waals surface area contributed by atoms with Crippen LogP contribution in [0.3, 0.4) is 0 Å². The van der Waals surface area contributed by atoms with Crippen LogP contribution in [0.1, 0.15) is 87.1 Å². The summed E-state index contributed by atoms with van der Waals surface area (Å²) in [6, 6.07) is 9.04. The number of hydrogen-bond donors (Lipinski definition) is 2. The summed E-state index contributed by atoms with van der Waals surface area (Å²) in [5, 5.41) is 12.0. The maximum atomic E-state index is 12.6. The number of halogens is 1. The van der Waals surface area contributed by atoms with Crippen molar-refractivity contribution in [1.29, 1.82) is 0 Å². The maximum Gasteiger partial charge on any atom is 0.303 e. The quantitative estimate of drug-likeness (QED) is 0.641. The third-order valence-electron chi connectivity index (χ3n) is 6.85. The molecule has 3 rings (SSSR count). The molecule has 6 heteroatoms. The van der Waals surface area contributed by atoms with Crippen LogP contribution in [0.4, 0.5) is 0 Å². The number of carboxylic acid groups (broad SMARTS) is 1. The van der Waals surface area contributed by atoms with E-state index in [2.05, 4.69) is 36.2 Å². The SMILES string of the molecule is CC(C)N1CCC(c2ccc(C(=O)NC3CCC(CCC(=O)O)CC3)cc2)CC1.Cl. The molecule has 0 radical (unpaired) electrons. The van der Waals surface area contributed by atoms with Crippen LogP contribution in [0.25, 0.3) is 0 Å². The van der Waals surface area contributed by atoms with E-state index in [4.69, 9.17) is 5.11 Å². The molecule has 168 valence electrons. The molecule has 0 unspecified atom stereocenters. The molecule has 0 spiro atoms. The molecule has 1 aromatic rings. The highest BCUT2D eigenvalue weighted by molar-refractivity contribution is 5.94. The number of aliphatic carboxylic acids is 1. The lowest BCUT2D eigenvalue weighted by molar-refractivity contribution is -0.137.